The Kier molecular flexibility index (Phi) is 5.84. The van der Waals surface area contributed by atoms with Crippen molar-refractivity contribution in [3.05, 3.63) is 0 Å². The second kappa shape index (κ2) is 5.55. The molecular weight excluding hydrogens is 120 g/mol. The molecule has 0 heterocycles. The van der Waals surface area contributed by atoms with Crippen molar-refractivity contribution < 1.29 is 5.11 Å². The van der Waals surface area contributed by atoms with Crippen LogP contribution in [0.2, 0.25) is 6.32 Å². The first-order valence-electron chi connectivity index (χ1n) is 2.62. The molecule has 46 valence electrons. The van der Waals surface area contributed by atoms with Gasteiger partial charge in [-0.2, -0.15) is 0 Å². The number of hydrogen-bond donors (Lipinski definition) is 2. The zero-order chi connectivity index (χ0) is 6.41. The van der Waals surface area contributed by atoms with Crippen molar-refractivity contribution in [2.45, 2.75) is 18.8 Å². The van der Waals surface area contributed by atoms with Crippen LogP contribution < -0.4 is 5.09 Å². The molecule has 2 unspecified atom stereocenters. The minimum absolute atomic E-state index is 0.198. The molecule has 0 saturated heterocycles. The zero-order valence-corrected chi connectivity index (χ0v) is 5.96. The molecule has 0 fully saturated rings. The van der Waals surface area contributed by atoms with E-state index in [1.54, 1.807) is 0 Å². The number of nitrogens with one attached hydrogen (secondary N) is 1. The molecule has 0 aromatic heterocycles. The molecule has 4 heteroatoms. The molecule has 0 amide bonds. The molecule has 0 spiro atoms. The largest absolute Gasteiger partial charge is 0.396 e. The Bertz CT molecular complexity index is 51.3. The first-order chi connectivity index (χ1) is 3.85. The third-order valence-corrected chi connectivity index (χ3v) is 1.47. The molecule has 0 aliphatic carbocycles. The van der Waals surface area contributed by atoms with Crippen molar-refractivity contribution in [2.75, 3.05) is 6.61 Å². The quantitative estimate of drug-likeness (QED) is 0.405. The van der Waals surface area contributed by atoms with E-state index in [-0.39, 0.29) is 12.6 Å². The Labute approximate surface area is 53.7 Å². The van der Waals surface area contributed by atoms with E-state index >= 15 is 0 Å². The summed E-state index contributed by atoms with van der Waals surface area (Å²) in [5, 5.41) is 11.3. The average molecular weight is 131 g/mol. The van der Waals surface area contributed by atoms with E-state index in [1.807, 2.05) is 0 Å². The lowest BCUT2D eigenvalue weighted by molar-refractivity contribution is 0.276. The molecule has 0 aliphatic heterocycles. The van der Waals surface area contributed by atoms with Gasteiger partial charge in [0.2, 0.25) is 0 Å². The minimum atomic E-state index is 0.198. The number of aliphatic hydroxyl groups is 1. The van der Waals surface area contributed by atoms with Crippen LogP contribution >= 0.6 is 9.39 Å². The second-order valence-corrected chi connectivity index (χ2v) is 1.94. The van der Waals surface area contributed by atoms with Gasteiger partial charge in [-0.15, -0.1) is 0 Å². The summed E-state index contributed by atoms with van der Waals surface area (Å²) in [6, 6.07) is 0.241. The van der Waals surface area contributed by atoms with Crippen molar-refractivity contribution >= 4 is 17.2 Å². The molecule has 8 heavy (non-hydrogen) atoms. The van der Waals surface area contributed by atoms with E-state index in [9.17, 15) is 0 Å². The number of hydrogen-bond acceptors (Lipinski definition) is 2. The topological polar surface area (TPSA) is 32.3 Å². The fourth-order valence-electron chi connectivity index (χ4n) is 0.425. The van der Waals surface area contributed by atoms with Crippen molar-refractivity contribution in [1.29, 1.82) is 0 Å². The van der Waals surface area contributed by atoms with Crippen molar-refractivity contribution in [3.8, 4) is 0 Å². The van der Waals surface area contributed by atoms with Crippen LogP contribution in [0.15, 0.2) is 0 Å². The third kappa shape index (κ3) is 3.42. The third-order valence-electron chi connectivity index (χ3n) is 0.998. The van der Waals surface area contributed by atoms with Gasteiger partial charge >= 0.3 is 0 Å². The van der Waals surface area contributed by atoms with Crippen LogP contribution in [0.25, 0.3) is 0 Å². The summed E-state index contributed by atoms with van der Waals surface area (Å²) >= 11 is 0. The maximum absolute atomic E-state index is 8.39. The summed E-state index contributed by atoms with van der Waals surface area (Å²) in [7, 11) is 7.65. The number of rotatable bonds is 4. The summed E-state index contributed by atoms with van der Waals surface area (Å²) in [5.41, 5.74) is 0. The highest BCUT2D eigenvalue weighted by molar-refractivity contribution is 7.13. The summed E-state index contributed by atoms with van der Waals surface area (Å²) in [6.45, 7) is 0.198. The van der Waals surface area contributed by atoms with Gasteiger partial charge in [0.1, 0.15) is 0 Å². The fourth-order valence-corrected chi connectivity index (χ4v) is 0.728. The van der Waals surface area contributed by atoms with Gasteiger partial charge in [0.25, 0.3) is 0 Å². The van der Waals surface area contributed by atoms with Gasteiger partial charge in [0.15, 0.2) is 0 Å². The van der Waals surface area contributed by atoms with Gasteiger partial charge in [0.05, 0.1) is 7.85 Å². The van der Waals surface area contributed by atoms with Crippen LogP contribution in [-0.4, -0.2) is 25.6 Å². The van der Waals surface area contributed by atoms with Gasteiger partial charge in [-0.1, -0.05) is 15.7 Å². The summed E-state index contributed by atoms with van der Waals surface area (Å²) in [4.78, 5) is 0. The molecule has 0 saturated carbocycles. The maximum Gasteiger partial charge on any atom is 0.0674 e. The lowest BCUT2D eigenvalue weighted by Crippen LogP contribution is -2.20. The highest BCUT2D eigenvalue weighted by Gasteiger charge is 1.98. The van der Waals surface area contributed by atoms with E-state index < -0.39 is 0 Å². The highest BCUT2D eigenvalue weighted by Crippen LogP contribution is 1.96. The Balaban J connectivity index is 3.07. The molecule has 0 aromatic carbocycles. The summed E-state index contributed by atoms with van der Waals surface area (Å²) < 4.78 is 0. The van der Waals surface area contributed by atoms with E-state index in [1.165, 1.54) is 0 Å². The first-order valence-corrected chi connectivity index (χ1v) is 3.20. The Morgan fingerprint density at radius 1 is 1.75 bits per heavy atom. The smallest absolute Gasteiger partial charge is 0.0674 e. The summed E-state index contributed by atoms with van der Waals surface area (Å²) in [6.07, 6.45) is 1.30. The molecule has 2 N–H and O–H groups in total. The minimum Gasteiger partial charge on any atom is -0.396 e. The van der Waals surface area contributed by atoms with E-state index in [2.05, 4.69) is 14.5 Å². The number of aliphatic hydroxyl groups excluding tert-OH is 1. The molecular formula is C4H11BNOP. The van der Waals surface area contributed by atoms with Crippen LogP contribution in [0.1, 0.15) is 6.42 Å². The Morgan fingerprint density at radius 3 is 2.50 bits per heavy atom. The Hall–Kier alpha value is 0.415. The van der Waals surface area contributed by atoms with Gasteiger partial charge in [0, 0.05) is 12.6 Å². The predicted octanol–water partition coefficient (Wildman–Crippen LogP) is -0.296. The van der Waals surface area contributed by atoms with Crippen molar-refractivity contribution in [1.82, 2.24) is 5.09 Å². The molecule has 2 atom stereocenters. The van der Waals surface area contributed by atoms with Crippen LogP contribution in [0.3, 0.4) is 0 Å². The molecule has 0 aliphatic rings. The molecule has 2 radical (unpaired) electrons. The van der Waals surface area contributed by atoms with E-state index in [4.69, 9.17) is 13.0 Å². The normalized spacial score (nSPS) is 13.8. The zero-order valence-electron chi connectivity index (χ0n) is 4.80. The second-order valence-electron chi connectivity index (χ2n) is 1.61. The van der Waals surface area contributed by atoms with Crippen molar-refractivity contribution in [3.63, 3.8) is 0 Å². The SMILES string of the molecule is [B]CC(CCO)NP. The monoisotopic (exact) mass is 131 g/mol. The lowest BCUT2D eigenvalue weighted by atomic mass is 9.96. The van der Waals surface area contributed by atoms with Crippen molar-refractivity contribution in [2.24, 2.45) is 0 Å². The predicted molar refractivity (Wildman–Crippen MR) is 38.9 cm³/mol. The Morgan fingerprint density at radius 2 is 2.38 bits per heavy atom. The van der Waals surface area contributed by atoms with E-state index in [0.29, 0.717) is 6.32 Å². The van der Waals surface area contributed by atoms with Gasteiger partial charge in [-0.3, -0.25) is 5.09 Å². The molecule has 0 bridgehead atoms. The average Bonchev–Trinajstić information content (AvgIpc) is 1.83. The molecule has 0 rings (SSSR count). The van der Waals surface area contributed by atoms with E-state index in [0.717, 1.165) is 6.42 Å². The van der Waals surface area contributed by atoms with Crippen LogP contribution in [0.5, 0.6) is 0 Å². The molecule has 0 aromatic rings. The highest BCUT2D eigenvalue weighted by atomic mass is 31.0. The first kappa shape index (κ1) is 8.41. The fraction of sp³-hybridized carbons (Fsp3) is 1.00. The van der Waals surface area contributed by atoms with Gasteiger partial charge in [-0.05, 0) is 6.42 Å². The summed E-state index contributed by atoms with van der Waals surface area (Å²) in [5.74, 6) is 0. The van der Waals surface area contributed by atoms with Gasteiger partial charge in [-0.25, -0.2) is 0 Å². The lowest BCUT2D eigenvalue weighted by Gasteiger charge is -2.10. The van der Waals surface area contributed by atoms with Crippen LogP contribution in [0.4, 0.5) is 0 Å². The van der Waals surface area contributed by atoms with Crippen LogP contribution in [-0.2, 0) is 0 Å². The van der Waals surface area contributed by atoms with Gasteiger partial charge < -0.3 is 5.11 Å². The molecule has 2 nitrogen and oxygen atoms in total. The van der Waals surface area contributed by atoms with Crippen LogP contribution in [0, 0.1) is 0 Å². The standard InChI is InChI=1S/C4H11BNOP/c5-3-4(6-8)1-2-7/h4,6-7H,1-3,8H2. The maximum atomic E-state index is 8.39.